The Morgan fingerprint density at radius 3 is 2.52 bits per heavy atom. The molecule has 0 saturated carbocycles. The molecule has 4 nitrogen and oxygen atoms in total. The molecule has 0 bridgehead atoms. The lowest BCUT2D eigenvalue weighted by atomic mass is 9.74. The standard InChI is InChI=1S/C23H30N2O2/c1-2-27-22(26)23(12-6-10-20-8-4-3-5-9-20)13-16-25(17-14-23)19-21-11-7-15-24-18-21/h3-5,7-9,11,15,18H,2,6,10,12-14,16-17,19H2,1H3. The zero-order chi connectivity index (χ0) is 19.0. The molecule has 0 unspecified atom stereocenters. The largest absolute Gasteiger partial charge is 0.466 e. The highest BCUT2D eigenvalue weighted by Crippen LogP contribution is 2.38. The molecule has 1 aliphatic rings. The minimum absolute atomic E-state index is 0.000843. The van der Waals surface area contributed by atoms with Gasteiger partial charge in [-0.1, -0.05) is 36.4 Å². The van der Waals surface area contributed by atoms with Crippen LogP contribution in [-0.4, -0.2) is 35.5 Å². The van der Waals surface area contributed by atoms with Gasteiger partial charge in [0.2, 0.25) is 0 Å². The maximum absolute atomic E-state index is 12.8. The molecular weight excluding hydrogens is 336 g/mol. The minimum atomic E-state index is -0.323. The van der Waals surface area contributed by atoms with Crippen LogP contribution in [0.1, 0.15) is 43.7 Å². The summed E-state index contributed by atoms with van der Waals surface area (Å²) in [5.41, 5.74) is 2.24. The fourth-order valence-electron chi connectivity index (χ4n) is 4.00. The molecule has 0 spiro atoms. The third-order valence-electron chi connectivity index (χ3n) is 5.61. The normalized spacial score (nSPS) is 16.8. The summed E-state index contributed by atoms with van der Waals surface area (Å²) in [4.78, 5) is 19.4. The fourth-order valence-corrected chi connectivity index (χ4v) is 4.00. The van der Waals surface area contributed by atoms with Crippen molar-refractivity contribution in [2.75, 3.05) is 19.7 Å². The van der Waals surface area contributed by atoms with Crippen LogP contribution in [0.3, 0.4) is 0 Å². The lowest BCUT2D eigenvalue weighted by molar-refractivity contribution is -0.159. The molecular formula is C23H30N2O2. The van der Waals surface area contributed by atoms with Gasteiger partial charge < -0.3 is 4.74 Å². The quantitative estimate of drug-likeness (QED) is 0.655. The van der Waals surface area contributed by atoms with Gasteiger partial charge in [0.25, 0.3) is 0 Å². The molecule has 2 heterocycles. The van der Waals surface area contributed by atoms with Gasteiger partial charge in [-0.05, 0) is 69.3 Å². The second kappa shape index (κ2) is 9.65. The van der Waals surface area contributed by atoms with E-state index in [9.17, 15) is 4.79 Å². The molecule has 144 valence electrons. The van der Waals surface area contributed by atoms with Crippen LogP contribution in [0, 0.1) is 5.41 Å². The van der Waals surface area contributed by atoms with E-state index >= 15 is 0 Å². The average molecular weight is 367 g/mol. The number of ether oxygens (including phenoxy) is 1. The molecule has 0 aliphatic carbocycles. The summed E-state index contributed by atoms with van der Waals surface area (Å²) in [6.45, 7) is 5.11. The Balaban J connectivity index is 1.58. The van der Waals surface area contributed by atoms with Crippen molar-refractivity contribution in [3.8, 4) is 0 Å². The van der Waals surface area contributed by atoms with Crippen LogP contribution in [0.2, 0.25) is 0 Å². The van der Waals surface area contributed by atoms with Crippen LogP contribution in [0.4, 0.5) is 0 Å². The summed E-state index contributed by atoms with van der Waals surface area (Å²) < 4.78 is 5.47. The number of rotatable bonds is 8. The van der Waals surface area contributed by atoms with Crippen LogP contribution in [0.15, 0.2) is 54.9 Å². The van der Waals surface area contributed by atoms with Gasteiger partial charge in [0.15, 0.2) is 0 Å². The van der Waals surface area contributed by atoms with Crippen molar-refractivity contribution >= 4 is 5.97 Å². The molecule has 0 N–H and O–H groups in total. The van der Waals surface area contributed by atoms with E-state index in [-0.39, 0.29) is 11.4 Å². The zero-order valence-electron chi connectivity index (χ0n) is 16.3. The number of esters is 1. The molecule has 0 amide bonds. The van der Waals surface area contributed by atoms with E-state index in [1.165, 1.54) is 11.1 Å². The first-order valence-corrected chi connectivity index (χ1v) is 10.0. The molecule has 0 radical (unpaired) electrons. The van der Waals surface area contributed by atoms with Gasteiger partial charge in [-0.2, -0.15) is 0 Å². The Bertz CT molecular complexity index is 695. The number of nitrogens with zero attached hydrogens (tertiary/aromatic N) is 2. The average Bonchev–Trinajstić information content (AvgIpc) is 2.71. The van der Waals surface area contributed by atoms with Gasteiger partial charge in [0.1, 0.15) is 0 Å². The SMILES string of the molecule is CCOC(=O)C1(CCCc2ccccc2)CCN(Cc2cccnc2)CC1. The summed E-state index contributed by atoms with van der Waals surface area (Å²) in [6, 6.07) is 14.6. The molecule has 2 aromatic rings. The van der Waals surface area contributed by atoms with Crippen molar-refractivity contribution in [3.05, 3.63) is 66.0 Å². The molecule has 1 aromatic heterocycles. The number of benzene rings is 1. The van der Waals surface area contributed by atoms with Crippen molar-refractivity contribution in [2.24, 2.45) is 5.41 Å². The Hall–Kier alpha value is -2.20. The lowest BCUT2D eigenvalue weighted by Crippen LogP contribution is -2.45. The van der Waals surface area contributed by atoms with Crippen LogP contribution < -0.4 is 0 Å². The van der Waals surface area contributed by atoms with E-state index in [4.69, 9.17) is 4.74 Å². The van der Waals surface area contributed by atoms with Crippen LogP contribution in [0.25, 0.3) is 0 Å². The second-order valence-corrected chi connectivity index (χ2v) is 7.48. The Morgan fingerprint density at radius 2 is 1.85 bits per heavy atom. The van der Waals surface area contributed by atoms with Crippen molar-refractivity contribution in [3.63, 3.8) is 0 Å². The molecule has 27 heavy (non-hydrogen) atoms. The zero-order valence-corrected chi connectivity index (χ0v) is 16.3. The topological polar surface area (TPSA) is 42.4 Å². The number of aromatic nitrogens is 1. The van der Waals surface area contributed by atoms with Crippen molar-refractivity contribution in [2.45, 2.75) is 45.6 Å². The number of piperidine rings is 1. The fraction of sp³-hybridized carbons (Fsp3) is 0.478. The predicted octanol–water partition coefficient (Wildman–Crippen LogP) is 4.25. The van der Waals surface area contributed by atoms with Gasteiger partial charge in [-0.3, -0.25) is 14.7 Å². The Kier molecular flexibility index (Phi) is 6.99. The van der Waals surface area contributed by atoms with Crippen LogP contribution >= 0.6 is 0 Å². The summed E-state index contributed by atoms with van der Waals surface area (Å²) in [6.07, 6.45) is 8.42. The van der Waals surface area contributed by atoms with Gasteiger partial charge in [0.05, 0.1) is 12.0 Å². The maximum atomic E-state index is 12.8. The number of carbonyl (C=O) groups excluding carboxylic acids is 1. The van der Waals surface area contributed by atoms with Gasteiger partial charge in [-0.25, -0.2) is 0 Å². The third kappa shape index (κ3) is 5.39. The molecule has 1 aliphatic heterocycles. The Morgan fingerprint density at radius 1 is 1.11 bits per heavy atom. The van der Waals surface area contributed by atoms with Crippen LogP contribution in [0.5, 0.6) is 0 Å². The summed E-state index contributed by atoms with van der Waals surface area (Å²) in [5, 5.41) is 0. The lowest BCUT2D eigenvalue weighted by Gasteiger charge is -2.40. The molecule has 1 saturated heterocycles. The summed E-state index contributed by atoms with van der Waals surface area (Å²) in [5.74, 6) is -0.000843. The molecule has 1 fully saturated rings. The van der Waals surface area contributed by atoms with E-state index in [0.717, 1.165) is 51.7 Å². The van der Waals surface area contributed by atoms with Gasteiger partial charge >= 0.3 is 5.97 Å². The molecule has 1 aromatic carbocycles. The maximum Gasteiger partial charge on any atom is 0.312 e. The number of hydrogen-bond donors (Lipinski definition) is 0. The predicted molar refractivity (Wildman–Crippen MR) is 107 cm³/mol. The monoisotopic (exact) mass is 366 g/mol. The highest BCUT2D eigenvalue weighted by molar-refractivity contribution is 5.77. The number of likely N-dealkylation sites (tertiary alicyclic amines) is 1. The first kappa shape index (κ1) is 19.6. The number of hydrogen-bond acceptors (Lipinski definition) is 4. The van der Waals surface area contributed by atoms with Crippen molar-refractivity contribution < 1.29 is 9.53 Å². The van der Waals surface area contributed by atoms with Gasteiger partial charge in [-0.15, -0.1) is 0 Å². The molecule has 4 heteroatoms. The third-order valence-corrected chi connectivity index (χ3v) is 5.61. The number of pyridine rings is 1. The second-order valence-electron chi connectivity index (χ2n) is 7.48. The van der Waals surface area contributed by atoms with E-state index in [1.54, 1.807) is 6.20 Å². The van der Waals surface area contributed by atoms with Gasteiger partial charge in [0, 0.05) is 18.9 Å². The highest BCUT2D eigenvalue weighted by atomic mass is 16.5. The smallest absolute Gasteiger partial charge is 0.312 e. The van der Waals surface area contributed by atoms with Crippen molar-refractivity contribution in [1.82, 2.24) is 9.88 Å². The minimum Gasteiger partial charge on any atom is -0.466 e. The number of carbonyl (C=O) groups is 1. The molecule has 3 rings (SSSR count). The van der Waals surface area contributed by atoms with Crippen LogP contribution in [-0.2, 0) is 22.5 Å². The first-order chi connectivity index (χ1) is 13.2. The van der Waals surface area contributed by atoms with E-state index in [2.05, 4.69) is 40.2 Å². The first-order valence-electron chi connectivity index (χ1n) is 10.0. The van der Waals surface area contributed by atoms with Crippen molar-refractivity contribution in [1.29, 1.82) is 0 Å². The van der Waals surface area contributed by atoms with E-state index < -0.39 is 0 Å². The van der Waals surface area contributed by atoms with E-state index in [0.29, 0.717) is 6.61 Å². The Labute approximate surface area is 162 Å². The van der Waals surface area contributed by atoms with E-state index in [1.807, 2.05) is 25.3 Å². The highest BCUT2D eigenvalue weighted by Gasteiger charge is 2.42. The molecule has 0 atom stereocenters. The summed E-state index contributed by atoms with van der Waals surface area (Å²) in [7, 11) is 0. The summed E-state index contributed by atoms with van der Waals surface area (Å²) >= 11 is 0. The number of aryl methyl sites for hydroxylation is 1.